The topological polar surface area (TPSA) is 71.4 Å². The minimum absolute atomic E-state index is 0.177. The molecule has 3 saturated heterocycles. The summed E-state index contributed by atoms with van der Waals surface area (Å²) in [7, 11) is 1.95. The number of nitrogens with zero attached hydrogens (tertiary/aromatic N) is 7. The smallest absolute Gasteiger partial charge is 0.350 e. The van der Waals surface area contributed by atoms with E-state index in [1.54, 1.807) is 6.92 Å². The molecule has 8 heteroatoms. The summed E-state index contributed by atoms with van der Waals surface area (Å²) in [6, 6.07) is 17.4. The van der Waals surface area contributed by atoms with Crippen LogP contribution in [0.5, 0.6) is 0 Å². The second kappa shape index (κ2) is 8.11. The average molecular weight is 492 g/mol. The molecule has 37 heavy (non-hydrogen) atoms. The summed E-state index contributed by atoms with van der Waals surface area (Å²) in [5.41, 5.74) is 7.26. The van der Waals surface area contributed by atoms with E-state index in [1.807, 2.05) is 39.7 Å². The van der Waals surface area contributed by atoms with Gasteiger partial charge in [0.15, 0.2) is 10.3 Å². The maximum atomic E-state index is 12.0. The Morgan fingerprint density at radius 2 is 1.84 bits per heavy atom. The Morgan fingerprint density at radius 1 is 1.03 bits per heavy atom. The van der Waals surface area contributed by atoms with Crippen LogP contribution in [0.15, 0.2) is 60.9 Å². The van der Waals surface area contributed by atoms with Gasteiger partial charge in [-0.2, -0.15) is 5.10 Å². The Morgan fingerprint density at radius 3 is 2.59 bits per heavy atom. The van der Waals surface area contributed by atoms with E-state index in [0.29, 0.717) is 6.04 Å². The maximum absolute atomic E-state index is 12.0. The molecule has 8 nitrogen and oxygen atoms in total. The van der Waals surface area contributed by atoms with Crippen LogP contribution in [-0.4, -0.2) is 61.2 Å². The second-order valence-corrected chi connectivity index (χ2v) is 10.4. The van der Waals surface area contributed by atoms with Crippen LogP contribution in [0.25, 0.3) is 10.9 Å². The highest BCUT2D eigenvalue weighted by atomic mass is 16.2. The van der Waals surface area contributed by atoms with Gasteiger partial charge in [-0.25, -0.2) is 4.98 Å². The zero-order chi connectivity index (χ0) is 25.3. The molecule has 0 N–H and O–H groups in total. The zero-order valence-electron chi connectivity index (χ0n) is 21.3. The molecule has 6 heterocycles. The molecule has 2 bridgehead atoms. The van der Waals surface area contributed by atoms with Crippen LogP contribution in [-0.2, 0) is 11.8 Å². The predicted octanol–water partition coefficient (Wildman–Crippen LogP) is 3.82. The van der Waals surface area contributed by atoms with E-state index in [9.17, 15) is 4.79 Å². The molecular weight excluding hydrogens is 462 g/mol. The van der Waals surface area contributed by atoms with Gasteiger partial charge in [-0.3, -0.25) is 9.48 Å². The second-order valence-electron chi connectivity index (χ2n) is 10.4. The number of anilines is 1. The number of piperazine rings is 1. The number of amides is 1. The van der Waals surface area contributed by atoms with Gasteiger partial charge in [-0.05, 0) is 44.0 Å². The number of hydrogen-bond donors (Lipinski definition) is 0. The van der Waals surface area contributed by atoms with Gasteiger partial charge in [0.25, 0.3) is 0 Å². The lowest BCUT2D eigenvalue weighted by Gasteiger charge is -2.51. The molecule has 3 fully saturated rings. The molecule has 0 unspecified atom stereocenters. The lowest BCUT2D eigenvalue weighted by molar-refractivity contribution is -0.134. The third-order valence-corrected chi connectivity index (χ3v) is 8.03. The molecule has 0 radical (unpaired) electrons. The van der Waals surface area contributed by atoms with Crippen LogP contribution >= 0.6 is 0 Å². The third-order valence-electron chi connectivity index (χ3n) is 8.03. The summed E-state index contributed by atoms with van der Waals surface area (Å²) in [5.74, 6) is 1.14. The van der Waals surface area contributed by atoms with Gasteiger partial charge in [0.2, 0.25) is 10.7 Å². The fourth-order valence-electron chi connectivity index (χ4n) is 6.26. The lowest BCUT2D eigenvalue weighted by atomic mass is 9.90. The zero-order valence-corrected chi connectivity index (χ0v) is 21.3. The SMILES string of the molecule is CC(=O)N1C[C@H]2CC[C@@H]1CN2c1ccc([N+]2=[N+]=C(c3cccc4nn(C)cc34)c3cccc(C)c32)cn1. The lowest BCUT2D eigenvalue weighted by Crippen LogP contribution is -2.64. The molecule has 2 aromatic carbocycles. The Kier molecular flexibility index (Phi) is 4.81. The number of aryl methyl sites for hydroxylation is 2. The highest BCUT2D eigenvalue weighted by molar-refractivity contribution is 6.19. The summed E-state index contributed by atoms with van der Waals surface area (Å²) < 4.78 is 3.87. The summed E-state index contributed by atoms with van der Waals surface area (Å²) in [5, 5.41) is 5.68. The molecular formula is C29H29N7O+2. The van der Waals surface area contributed by atoms with Crippen LogP contribution in [0.1, 0.15) is 36.5 Å². The van der Waals surface area contributed by atoms with Crippen molar-refractivity contribution < 1.29 is 9.58 Å². The molecule has 0 spiro atoms. The number of carbonyl (C=O) groups excluding carboxylic acids is 1. The fourth-order valence-corrected chi connectivity index (χ4v) is 6.26. The number of hydrogen-bond acceptors (Lipinski definition) is 4. The number of para-hydroxylation sites is 1. The quantitative estimate of drug-likeness (QED) is 0.284. The van der Waals surface area contributed by atoms with Crippen molar-refractivity contribution in [2.75, 3.05) is 18.0 Å². The van der Waals surface area contributed by atoms with Gasteiger partial charge in [-0.15, -0.1) is 0 Å². The van der Waals surface area contributed by atoms with E-state index in [4.69, 9.17) is 9.77 Å². The number of pyridine rings is 1. The Balaban J connectivity index is 1.29. The monoisotopic (exact) mass is 491 g/mol. The minimum atomic E-state index is 0.177. The van der Waals surface area contributed by atoms with Crippen molar-refractivity contribution in [3.05, 3.63) is 77.6 Å². The largest absolute Gasteiger partial charge is 0.432 e. The number of fused-ring (bicyclic) bond motifs is 5. The van der Waals surface area contributed by atoms with Crippen LogP contribution in [0.3, 0.4) is 0 Å². The van der Waals surface area contributed by atoms with Crippen molar-refractivity contribution in [3.8, 4) is 0 Å². The molecule has 4 aromatic rings. The van der Waals surface area contributed by atoms with Gasteiger partial charge in [-0.1, -0.05) is 18.2 Å². The Hall–Kier alpha value is -4.29. The molecule has 0 saturated carbocycles. The van der Waals surface area contributed by atoms with Crippen molar-refractivity contribution in [1.29, 1.82) is 0 Å². The van der Waals surface area contributed by atoms with Gasteiger partial charge in [0.05, 0.1) is 11.1 Å². The van der Waals surface area contributed by atoms with Gasteiger partial charge >= 0.3 is 17.1 Å². The first kappa shape index (κ1) is 21.9. The van der Waals surface area contributed by atoms with E-state index in [-0.39, 0.29) is 11.9 Å². The van der Waals surface area contributed by atoms with Crippen molar-refractivity contribution in [3.63, 3.8) is 0 Å². The molecule has 4 aliphatic heterocycles. The number of carbonyl (C=O) groups is 1. The molecule has 2 atom stereocenters. The van der Waals surface area contributed by atoms with Gasteiger partial charge in [0, 0.05) is 62.4 Å². The molecule has 184 valence electrons. The Labute approximate surface area is 215 Å². The van der Waals surface area contributed by atoms with E-state index in [1.165, 1.54) is 0 Å². The van der Waals surface area contributed by atoms with Crippen LogP contribution in [0.4, 0.5) is 17.2 Å². The number of piperidine rings is 2. The van der Waals surface area contributed by atoms with E-state index >= 15 is 0 Å². The molecule has 0 aliphatic carbocycles. The third kappa shape index (κ3) is 3.40. The average Bonchev–Trinajstić information content (AvgIpc) is 3.50. The van der Waals surface area contributed by atoms with Crippen molar-refractivity contribution >= 4 is 39.7 Å². The van der Waals surface area contributed by atoms with Crippen molar-refractivity contribution in [1.82, 2.24) is 24.4 Å². The molecule has 8 rings (SSSR count). The standard InChI is InChI=1S/C29H29N7O/c1-18-6-4-8-24-28(23-7-5-9-26-25(23)17-33(3)31-26)32-36(29(18)24)20-12-13-27(30-14-20)35-16-21-10-11-22(35)15-34(21)19(2)37/h4-9,12-14,17,21-22H,10-11,15-16H2,1-3H3/q+2/t21-,22-/m1/s1. The Bertz CT molecular complexity index is 1640. The van der Waals surface area contributed by atoms with Crippen molar-refractivity contribution in [2.45, 2.75) is 38.8 Å². The maximum Gasteiger partial charge on any atom is 0.432 e. The highest BCUT2D eigenvalue weighted by Crippen LogP contribution is 2.35. The molecule has 1 amide bonds. The summed E-state index contributed by atoms with van der Waals surface area (Å²) in [6.45, 7) is 5.44. The van der Waals surface area contributed by atoms with Crippen LogP contribution in [0, 0.1) is 6.92 Å². The number of rotatable bonds is 3. The van der Waals surface area contributed by atoms with E-state index < -0.39 is 0 Å². The number of benzene rings is 2. The van der Waals surface area contributed by atoms with Crippen LogP contribution < -0.4 is 9.60 Å². The first-order chi connectivity index (χ1) is 18.0. The minimum Gasteiger partial charge on any atom is -0.350 e. The molecule has 2 aromatic heterocycles. The summed E-state index contributed by atoms with van der Waals surface area (Å²) in [4.78, 5) is 26.5. The highest BCUT2D eigenvalue weighted by Gasteiger charge is 2.45. The van der Waals surface area contributed by atoms with Crippen LogP contribution in [0.2, 0.25) is 0 Å². The van der Waals surface area contributed by atoms with Crippen molar-refractivity contribution in [2.24, 2.45) is 7.05 Å². The normalized spacial score (nSPS) is 20.3. The van der Waals surface area contributed by atoms with E-state index in [2.05, 4.69) is 59.5 Å². The number of aromatic nitrogens is 3. The summed E-state index contributed by atoms with van der Waals surface area (Å²) >= 11 is 0. The summed E-state index contributed by atoms with van der Waals surface area (Å²) in [6.07, 6.45) is 6.16. The van der Waals surface area contributed by atoms with Gasteiger partial charge < -0.3 is 9.80 Å². The fraction of sp³-hybridized carbons (Fsp3) is 0.310. The first-order valence-electron chi connectivity index (χ1n) is 12.9. The first-order valence-corrected chi connectivity index (χ1v) is 12.9. The van der Waals surface area contributed by atoms with E-state index in [0.717, 1.165) is 76.4 Å². The molecule has 4 aliphatic rings. The van der Waals surface area contributed by atoms with Gasteiger partial charge in [0.1, 0.15) is 12.0 Å². The predicted molar refractivity (Wildman–Crippen MR) is 143 cm³/mol.